The molecule has 0 bridgehead atoms. The summed E-state index contributed by atoms with van der Waals surface area (Å²) in [6.07, 6.45) is 0.960. The highest BCUT2D eigenvalue weighted by molar-refractivity contribution is 5.87. The van der Waals surface area contributed by atoms with Gasteiger partial charge in [-0.05, 0) is 12.1 Å². The van der Waals surface area contributed by atoms with Crippen LogP contribution in [0.5, 0.6) is 0 Å². The molecule has 0 unspecified atom stereocenters. The molecule has 1 aromatic carbocycles. The lowest BCUT2D eigenvalue weighted by Gasteiger charge is -2.00. The van der Waals surface area contributed by atoms with E-state index in [-0.39, 0.29) is 22.3 Å². The summed E-state index contributed by atoms with van der Waals surface area (Å²) in [5, 5.41) is 17.4. The van der Waals surface area contributed by atoms with Gasteiger partial charge >= 0.3 is 0 Å². The van der Waals surface area contributed by atoms with Crippen molar-refractivity contribution in [2.75, 3.05) is 0 Å². The van der Waals surface area contributed by atoms with E-state index in [1.807, 2.05) is 0 Å². The minimum atomic E-state index is -0.0490. The van der Waals surface area contributed by atoms with Gasteiger partial charge in [0, 0.05) is 11.1 Å². The van der Waals surface area contributed by atoms with Crippen molar-refractivity contribution < 1.29 is 9.59 Å². The maximum atomic E-state index is 10.5. The Morgan fingerprint density at radius 2 is 1.29 bits per heavy atom. The third-order valence-electron chi connectivity index (χ3n) is 1.75. The smallest absolute Gasteiger partial charge is 0.151 e. The summed E-state index contributed by atoms with van der Waals surface area (Å²) in [7, 11) is 0. The van der Waals surface area contributed by atoms with Crippen LogP contribution in [0.2, 0.25) is 0 Å². The van der Waals surface area contributed by atoms with Crippen molar-refractivity contribution in [2.24, 2.45) is 0 Å². The van der Waals surface area contributed by atoms with E-state index in [0.29, 0.717) is 12.6 Å². The molecule has 66 valence electrons. The number of hydrogen-bond donors (Lipinski definition) is 0. The summed E-state index contributed by atoms with van der Waals surface area (Å²) in [6, 6.07) is 6.14. The highest BCUT2D eigenvalue weighted by Gasteiger charge is 2.11. The molecular weight excluding hydrogens is 180 g/mol. The van der Waals surface area contributed by atoms with Gasteiger partial charge in [0.2, 0.25) is 0 Å². The molecule has 0 aromatic heterocycles. The van der Waals surface area contributed by atoms with Crippen LogP contribution < -0.4 is 0 Å². The molecule has 0 fully saturated rings. The van der Waals surface area contributed by atoms with Crippen molar-refractivity contribution in [1.82, 2.24) is 0 Å². The lowest BCUT2D eigenvalue weighted by atomic mass is 9.99. The molecule has 0 aliphatic carbocycles. The third-order valence-corrected chi connectivity index (χ3v) is 1.75. The second-order valence-electron chi connectivity index (χ2n) is 2.45. The van der Waals surface area contributed by atoms with Crippen LogP contribution in [0, 0.1) is 22.7 Å². The summed E-state index contributed by atoms with van der Waals surface area (Å²) in [5.74, 6) is 0. The number of rotatable bonds is 2. The Bertz CT molecular complexity index is 433. The fourth-order valence-corrected chi connectivity index (χ4v) is 1.07. The number of carbonyl (C=O) groups is 2. The SMILES string of the molecule is N#Cc1c(C=O)ccc(C=O)c1C#N. The van der Waals surface area contributed by atoms with Crippen molar-refractivity contribution in [1.29, 1.82) is 10.5 Å². The molecule has 0 heterocycles. The number of hydrogen-bond acceptors (Lipinski definition) is 4. The lowest BCUT2D eigenvalue weighted by molar-refractivity contribution is 0.111. The molecule has 0 spiro atoms. The second kappa shape index (κ2) is 3.97. The van der Waals surface area contributed by atoms with Gasteiger partial charge in [-0.2, -0.15) is 10.5 Å². The van der Waals surface area contributed by atoms with Crippen LogP contribution in [0.1, 0.15) is 31.8 Å². The number of nitrogens with zero attached hydrogens (tertiary/aromatic N) is 2. The molecule has 0 N–H and O–H groups in total. The zero-order chi connectivity index (χ0) is 10.6. The standard InChI is InChI=1S/C10H4N2O2/c11-3-9-7(5-13)1-2-8(6-14)10(9)4-12/h1-2,5-6H. The van der Waals surface area contributed by atoms with E-state index in [1.165, 1.54) is 12.1 Å². The van der Waals surface area contributed by atoms with Gasteiger partial charge in [0.1, 0.15) is 12.1 Å². The minimum Gasteiger partial charge on any atom is -0.298 e. The molecule has 14 heavy (non-hydrogen) atoms. The molecule has 0 saturated carbocycles. The first-order valence-corrected chi connectivity index (χ1v) is 3.66. The molecule has 1 aromatic rings. The number of nitriles is 2. The topological polar surface area (TPSA) is 81.7 Å². The molecule has 0 radical (unpaired) electrons. The first-order valence-electron chi connectivity index (χ1n) is 3.66. The van der Waals surface area contributed by atoms with E-state index in [4.69, 9.17) is 10.5 Å². The van der Waals surface area contributed by atoms with Crippen molar-refractivity contribution >= 4 is 12.6 Å². The van der Waals surface area contributed by atoms with E-state index < -0.39 is 0 Å². The molecular formula is C10H4N2O2. The quantitative estimate of drug-likeness (QED) is 0.643. The third kappa shape index (κ3) is 1.37. The van der Waals surface area contributed by atoms with Crippen LogP contribution in [-0.2, 0) is 0 Å². The average molecular weight is 184 g/mol. The predicted molar refractivity (Wildman–Crippen MR) is 46.6 cm³/mol. The minimum absolute atomic E-state index is 0.0490. The Hall–Kier alpha value is -2.46. The normalized spacial score (nSPS) is 8.43. The van der Waals surface area contributed by atoms with E-state index in [1.54, 1.807) is 12.1 Å². The van der Waals surface area contributed by atoms with Crippen molar-refractivity contribution in [3.63, 3.8) is 0 Å². The van der Waals surface area contributed by atoms with Gasteiger partial charge in [-0.25, -0.2) is 0 Å². The highest BCUT2D eigenvalue weighted by Crippen LogP contribution is 2.15. The van der Waals surface area contributed by atoms with Gasteiger partial charge in [-0.3, -0.25) is 9.59 Å². The number of carbonyl (C=O) groups excluding carboxylic acids is 2. The Labute approximate surface area is 80.0 Å². The Morgan fingerprint density at radius 3 is 1.50 bits per heavy atom. The first-order chi connectivity index (χ1) is 6.78. The Kier molecular flexibility index (Phi) is 2.73. The van der Waals surface area contributed by atoms with Crippen molar-refractivity contribution in [3.8, 4) is 12.1 Å². The van der Waals surface area contributed by atoms with Gasteiger partial charge in [0.25, 0.3) is 0 Å². The molecule has 4 nitrogen and oxygen atoms in total. The maximum Gasteiger partial charge on any atom is 0.151 e. The summed E-state index contributed by atoms with van der Waals surface area (Å²) < 4.78 is 0. The number of benzene rings is 1. The average Bonchev–Trinajstić information content (AvgIpc) is 2.26. The predicted octanol–water partition coefficient (Wildman–Crippen LogP) is 1.05. The molecule has 0 aliphatic rings. The lowest BCUT2D eigenvalue weighted by Crippen LogP contribution is -1.97. The molecule has 0 amide bonds. The van der Waals surface area contributed by atoms with Crippen LogP contribution in [0.4, 0.5) is 0 Å². The van der Waals surface area contributed by atoms with E-state index in [0.717, 1.165) is 0 Å². The Morgan fingerprint density at radius 1 is 0.929 bits per heavy atom. The van der Waals surface area contributed by atoms with Gasteiger partial charge in [0.05, 0.1) is 11.1 Å². The van der Waals surface area contributed by atoms with Crippen LogP contribution in [0.25, 0.3) is 0 Å². The molecule has 1 rings (SSSR count). The Balaban J connectivity index is 3.64. The van der Waals surface area contributed by atoms with Gasteiger partial charge in [-0.1, -0.05) is 0 Å². The zero-order valence-corrected chi connectivity index (χ0v) is 7.02. The largest absolute Gasteiger partial charge is 0.298 e. The molecule has 0 atom stereocenters. The molecule has 0 aliphatic heterocycles. The van der Waals surface area contributed by atoms with Crippen LogP contribution >= 0.6 is 0 Å². The molecule has 4 heteroatoms. The van der Waals surface area contributed by atoms with Crippen molar-refractivity contribution in [3.05, 3.63) is 34.4 Å². The fraction of sp³-hybridized carbons (Fsp3) is 0. The van der Waals surface area contributed by atoms with Crippen LogP contribution in [0.15, 0.2) is 12.1 Å². The van der Waals surface area contributed by atoms with Crippen molar-refractivity contribution in [2.45, 2.75) is 0 Å². The number of aldehydes is 2. The van der Waals surface area contributed by atoms with Gasteiger partial charge in [0.15, 0.2) is 12.6 Å². The van der Waals surface area contributed by atoms with Gasteiger partial charge in [-0.15, -0.1) is 0 Å². The summed E-state index contributed by atoms with van der Waals surface area (Å²) in [6.45, 7) is 0. The summed E-state index contributed by atoms with van der Waals surface area (Å²) in [4.78, 5) is 21.0. The van der Waals surface area contributed by atoms with Crippen LogP contribution in [0.3, 0.4) is 0 Å². The fourth-order valence-electron chi connectivity index (χ4n) is 1.07. The van der Waals surface area contributed by atoms with E-state index in [2.05, 4.69) is 0 Å². The maximum absolute atomic E-state index is 10.5. The first kappa shape index (κ1) is 9.63. The van der Waals surface area contributed by atoms with Gasteiger partial charge < -0.3 is 0 Å². The monoisotopic (exact) mass is 184 g/mol. The zero-order valence-electron chi connectivity index (χ0n) is 7.02. The summed E-state index contributed by atoms with van der Waals surface area (Å²) >= 11 is 0. The molecule has 0 saturated heterocycles. The van der Waals surface area contributed by atoms with E-state index >= 15 is 0 Å². The second-order valence-corrected chi connectivity index (χ2v) is 2.45. The summed E-state index contributed by atoms with van der Waals surface area (Å²) in [5.41, 5.74) is 0.142. The van der Waals surface area contributed by atoms with E-state index in [9.17, 15) is 9.59 Å². The van der Waals surface area contributed by atoms with Crippen LogP contribution in [-0.4, -0.2) is 12.6 Å². The highest BCUT2D eigenvalue weighted by atomic mass is 16.1.